The molecular formula is C11H15NO. The first-order valence-electron chi connectivity index (χ1n) is 4.75. The molecule has 2 nitrogen and oxygen atoms in total. The number of nitrogens with zero attached hydrogens (tertiary/aromatic N) is 1. The molecule has 2 rings (SSSR count). The molecule has 1 aliphatic rings. The van der Waals surface area contributed by atoms with Crippen LogP contribution in [0.1, 0.15) is 19.1 Å². The Balaban J connectivity index is 1.90. The molecule has 1 aromatic heterocycles. The molecule has 0 fully saturated rings. The molecule has 70 valence electrons. The van der Waals surface area contributed by atoms with E-state index in [0.29, 0.717) is 0 Å². The van der Waals surface area contributed by atoms with Crippen molar-refractivity contribution in [1.82, 2.24) is 4.90 Å². The minimum Gasteiger partial charge on any atom is -0.468 e. The molecule has 13 heavy (non-hydrogen) atoms. The third kappa shape index (κ3) is 2.22. The van der Waals surface area contributed by atoms with Gasteiger partial charge in [0.05, 0.1) is 12.8 Å². The fourth-order valence-corrected chi connectivity index (χ4v) is 1.58. The smallest absolute Gasteiger partial charge is 0.117 e. The Labute approximate surface area is 78.8 Å². The van der Waals surface area contributed by atoms with Crippen LogP contribution in [0, 0.1) is 0 Å². The summed E-state index contributed by atoms with van der Waals surface area (Å²) in [6, 6.07) is 3.98. The molecule has 0 bridgehead atoms. The standard InChI is InChI=1S/C11H15NO/c1-10-4-6-12(7-5-10)9-11-3-2-8-13-11/h2-4,8H,5-7,9H2,1H3. The zero-order chi connectivity index (χ0) is 9.10. The van der Waals surface area contributed by atoms with Gasteiger partial charge < -0.3 is 4.42 Å². The van der Waals surface area contributed by atoms with Crippen LogP contribution in [0.3, 0.4) is 0 Å². The highest BCUT2D eigenvalue weighted by molar-refractivity contribution is 5.05. The fraction of sp³-hybridized carbons (Fsp3) is 0.455. The molecule has 1 aromatic rings. The highest BCUT2D eigenvalue weighted by Gasteiger charge is 2.10. The van der Waals surface area contributed by atoms with Crippen molar-refractivity contribution < 1.29 is 4.42 Å². The van der Waals surface area contributed by atoms with Gasteiger partial charge in [0, 0.05) is 13.1 Å². The van der Waals surface area contributed by atoms with Gasteiger partial charge in [-0.15, -0.1) is 0 Å². The molecule has 2 heteroatoms. The largest absolute Gasteiger partial charge is 0.468 e. The van der Waals surface area contributed by atoms with E-state index < -0.39 is 0 Å². The first kappa shape index (κ1) is 8.57. The predicted octanol–water partition coefficient (Wildman–Crippen LogP) is 2.43. The van der Waals surface area contributed by atoms with Crippen molar-refractivity contribution in [2.75, 3.05) is 13.1 Å². The van der Waals surface area contributed by atoms with Crippen LogP contribution in [0.15, 0.2) is 34.5 Å². The van der Waals surface area contributed by atoms with Gasteiger partial charge in [-0.3, -0.25) is 4.90 Å². The van der Waals surface area contributed by atoms with Crippen molar-refractivity contribution in [2.45, 2.75) is 19.9 Å². The maximum Gasteiger partial charge on any atom is 0.117 e. The molecule has 0 saturated carbocycles. The molecule has 2 heterocycles. The summed E-state index contributed by atoms with van der Waals surface area (Å²) in [6.45, 7) is 5.36. The Morgan fingerprint density at radius 3 is 3.08 bits per heavy atom. The first-order chi connectivity index (χ1) is 6.34. The van der Waals surface area contributed by atoms with Gasteiger partial charge in [-0.2, -0.15) is 0 Å². The monoisotopic (exact) mass is 177 g/mol. The van der Waals surface area contributed by atoms with Gasteiger partial charge in [0.25, 0.3) is 0 Å². The van der Waals surface area contributed by atoms with Crippen molar-refractivity contribution in [3.05, 3.63) is 35.8 Å². The van der Waals surface area contributed by atoms with Gasteiger partial charge in [-0.1, -0.05) is 11.6 Å². The average molecular weight is 177 g/mol. The fourth-order valence-electron chi connectivity index (χ4n) is 1.58. The molecule has 0 atom stereocenters. The maximum atomic E-state index is 5.30. The number of furan rings is 1. The number of hydrogen-bond donors (Lipinski definition) is 0. The van der Waals surface area contributed by atoms with Crippen molar-refractivity contribution >= 4 is 0 Å². The Bertz CT molecular complexity index is 287. The van der Waals surface area contributed by atoms with Gasteiger partial charge in [-0.05, 0) is 25.5 Å². The highest BCUT2D eigenvalue weighted by Crippen LogP contribution is 2.12. The van der Waals surface area contributed by atoms with Crippen LogP contribution in [0.2, 0.25) is 0 Å². The lowest BCUT2D eigenvalue weighted by molar-refractivity contribution is 0.261. The Morgan fingerprint density at radius 1 is 1.54 bits per heavy atom. The molecule has 0 radical (unpaired) electrons. The zero-order valence-corrected chi connectivity index (χ0v) is 7.99. The SMILES string of the molecule is CC1=CCN(Cc2ccco2)CC1. The van der Waals surface area contributed by atoms with E-state index in [4.69, 9.17) is 4.42 Å². The van der Waals surface area contributed by atoms with Gasteiger partial charge in [0.1, 0.15) is 5.76 Å². The topological polar surface area (TPSA) is 16.4 Å². The third-order valence-corrected chi connectivity index (χ3v) is 2.48. The summed E-state index contributed by atoms with van der Waals surface area (Å²) in [5, 5.41) is 0. The molecule has 0 spiro atoms. The molecule has 0 N–H and O–H groups in total. The molecule has 0 aliphatic carbocycles. The summed E-state index contributed by atoms with van der Waals surface area (Å²) in [5.41, 5.74) is 1.51. The van der Waals surface area contributed by atoms with E-state index in [-0.39, 0.29) is 0 Å². The van der Waals surface area contributed by atoms with Crippen LogP contribution in [0.25, 0.3) is 0 Å². The van der Waals surface area contributed by atoms with E-state index in [0.717, 1.165) is 25.4 Å². The molecule has 1 aliphatic heterocycles. The van der Waals surface area contributed by atoms with Crippen LogP contribution < -0.4 is 0 Å². The van der Waals surface area contributed by atoms with Crippen molar-refractivity contribution in [3.63, 3.8) is 0 Å². The average Bonchev–Trinajstić information content (AvgIpc) is 2.62. The van der Waals surface area contributed by atoms with E-state index in [2.05, 4.69) is 17.9 Å². The van der Waals surface area contributed by atoms with Crippen LogP contribution in [0.4, 0.5) is 0 Å². The summed E-state index contributed by atoms with van der Waals surface area (Å²) < 4.78 is 5.30. The van der Waals surface area contributed by atoms with E-state index in [1.54, 1.807) is 6.26 Å². The minimum atomic E-state index is 0.941. The van der Waals surface area contributed by atoms with Gasteiger partial charge in [-0.25, -0.2) is 0 Å². The van der Waals surface area contributed by atoms with Gasteiger partial charge in [0.2, 0.25) is 0 Å². The Morgan fingerprint density at radius 2 is 2.46 bits per heavy atom. The first-order valence-corrected chi connectivity index (χ1v) is 4.75. The lowest BCUT2D eigenvalue weighted by Crippen LogP contribution is -2.27. The number of hydrogen-bond acceptors (Lipinski definition) is 2. The normalized spacial score (nSPS) is 18.7. The summed E-state index contributed by atoms with van der Waals surface area (Å²) in [5.74, 6) is 1.06. The van der Waals surface area contributed by atoms with Crippen LogP contribution in [0.5, 0.6) is 0 Å². The van der Waals surface area contributed by atoms with Crippen molar-refractivity contribution in [1.29, 1.82) is 0 Å². The second-order valence-electron chi connectivity index (χ2n) is 3.61. The highest BCUT2D eigenvalue weighted by atomic mass is 16.3. The second-order valence-corrected chi connectivity index (χ2v) is 3.61. The predicted molar refractivity (Wildman–Crippen MR) is 52.4 cm³/mol. The Hall–Kier alpha value is -1.02. The van der Waals surface area contributed by atoms with Crippen LogP contribution in [-0.2, 0) is 6.54 Å². The van der Waals surface area contributed by atoms with Crippen LogP contribution in [-0.4, -0.2) is 18.0 Å². The second kappa shape index (κ2) is 3.79. The molecule has 0 saturated heterocycles. The Kier molecular flexibility index (Phi) is 2.50. The van der Waals surface area contributed by atoms with E-state index in [1.807, 2.05) is 12.1 Å². The summed E-state index contributed by atoms with van der Waals surface area (Å²) in [4.78, 5) is 2.39. The van der Waals surface area contributed by atoms with E-state index in [1.165, 1.54) is 12.0 Å². The third-order valence-electron chi connectivity index (χ3n) is 2.48. The summed E-state index contributed by atoms with van der Waals surface area (Å²) in [7, 11) is 0. The van der Waals surface area contributed by atoms with E-state index in [9.17, 15) is 0 Å². The quantitative estimate of drug-likeness (QED) is 0.645. The van der Waals surface area contributed by atoms with Crippen molar-refractivity contribution in [2.24, 2.45) is 0 Å². The van der Waals surface area contributed by atoms with E-state index >= 15 is 0 Å². The lowest BCUT2D eigenvalue weighted by Gasteiger charge is -2.23. The molecule has 0 unspecified atom stereocenters. The van der Waals surface area contributed by atoms with Crippen molar-refractivity contribution in [3.8, 4) is 0 Å². The summed E-state index contributed by atoms with van der Waals surface area (Å²) >= 11 is 0. The molecule has 0 amide bonds. The maximum absolute atomic E-state index is 5.30. The zero-order valence-electron chi connectivity index (χ0n) is 7.99. The lowest BCUT2D eigenvalue weighted by atomic mass is 10.1. The van der Waals surface area contributed by atoms with Crippen LogP contribution >= 0.6 is 0 Å². The summed E-state index contributed by atoms with van der Waals surface area (Å²) in [6.07, 6.45) is 5.23. The van der Waals surface area contributed by atoms with Gasteiger partial charge >= 0.3 is 0 Å². The molecule has 0 aromatic carbocycles. The van der Waals surface area contributed by atoms with Gasteiger partial charge in [0.15, 0.2) is 0 Å². The minimum absolute atomic E-state index is 0.941. The number of rotatable bonds is 2. The molecular weight excluding hydrogens is 162 g/mol.